The third kappa shape index (κ3) is 4.84. The van der Waals surface area contributed by atoms with E-state index in [1.54, 1.807) is 0 Å². The van der Waals surface area contributed by atoms with Crippen molar-refractivity contribution in [2.24, 2.45) is 5.92 Å². The second-order valence-electron chi connectivity index (χ2n) is 4.20. The second kappa shape index (κ2) is 7.62. The fourth-order valence-corrected chi connectivity index (χ4v) is 1.03. The van der Waals surface area contributed by atoms with E-state index in [9.17, 15) is 25.2 Å². The summed E-state index contributed by atoms with van der Waals surface area (Å²) in [5.74, 6) is -1.34. The molecule has 0 aliphatic rings. The molecule has 108 valence electrons. The summed E-state index contributed by atoms with van der Waals surface area (Å²) in [6.45, 7) is 2.16. The Kier molecular flexibility index (Phi) is 7.29. The van der Waals surface area contributed by atoms with Gasteiger partial charge in [-0.25, -0.2) is 0 Å². The Morgan fingerprint density at radius 1 is 1.00 bits per heavy atom. The minimum atomic E-state index is -2.05. The summed E-state index contributed by atoms with van der Waals surface area (Å²) in [7, 11) is 0. The van der Waals surface area contributed by atoms with Gasteiger partial charge in [-0.3, -0.25) is 4.79 Å². The number of hydrogen-bond donors (Lipinski definition) is 6. The van der Waals surface area contributed by atoms with Crippen molar-refractivity contribution in [2.75, 3.05) is 6.61 Å². The lowest BCUT2D eigenvalue weighted by Gasteiger charge is -2.28. The van der Waals surface area contributed by atoms with Gasteiger partial charge in [0.1, 0.15) is 24.4 Å². The highest BCUT2D eigenvalue weighted by Crippen LogP contribution is 2.11. The third-order valence-electron chi connectivity index (χ3n) is 2.28. The first-order valence-electron chi connectivity index (χ1n) is 5.44. The van der Waals surface area contributed by atoms with E-state index in [1.807, 2.05) is 0 Å². The molecule has 0 amide bonds. The Morgan fingerprint density at radius 2 is 1.50 bits per heavy atom. The monoisotopic (exact) mass is 268 g/mol. The van der Waals surface area contributed by atoms with Crippen LogP contribution >= 0.6 is 0 Å². The first-order chi connectivity index (χ1) is 8.22. The van der Waals surface area contributed by atoms with Gasteiger partial charge in [0.25, 0.3) is 0 Å². The molecule has 6 N–H and O–H groups in total. The van der Waals surface area contributed by atoms with Crippen LogP contribution in [0.4, 0.5) is 0 Å². The van der Waals surface area contributed by atoms with Crippen molar-refractivity contribution in [2.45, 2.75) is 44.6 Å². The molecule has 0 radical (unpaired) electrons. The van der Waals surface area contributed by atoms with E-state index < -0.39 is 49.2 Å². The molecule has 0 aromatic heterocycles. The van der Waals surface area contributed by atoms with Crippen LogP contribution < -0.4 is 0 Å². The zero-order chi connectivity index (χ0) is 14.5. The van der Waals surface area contributed by atoms with Gasteiger partial charge < -0.3 is 35.4 Å². The Hall–Kier alpha value is -0.770. The molecule has 0 saturated heterocycles. The molecular weight excluding hydrogens is 248 g/mol. The molecule has 0 saturated carbocycles. The largest absolute Gasteiger partial charge is 0.433 e. The van der Waals surface area contributed by atoms with Crippen molar-refractivity contribution >= 4 is 5.97 Å². The normalized spacial score (nSPS) is 20.1. The summed E-state index contributed by atoms with van der Waals surface area (Å²) in [6.07, 6.45) is -9.62. The molecule has 0 aliphatic carbocycles. The molecular formula is C10H20O8. The summed E-state index contributed by atoms with van der Waals surface area (Å²) < 4.78 is 4.41. The third-order valence-corrected chi connectivity index (χ3v) is 2.28. The van der Waals surface area contributed by atoms with Crippen LogP contribution in [0.15, 0.2) is 0 Å². The number of carbonyl (C=O) groups is 1. The van der Waals surface area contributed by atoms with Crippen LogP contribution in [0.3, 0.4) is 0 Å². The first kappa shape index (κ1) is 17.2. The first-order valence-corrected chi connectivity index (χ1v) is 5.44. The van der Waals surface area contributed by atoms with Gasteiger partial charge in [0.05, 0.1) is 12.5 Å². The van der Waals surface area contributed by atoms with Crippen LogP contribution in [-0.4, -0.2) is 73.9 Å². The maximum absolute atomic E-state index is 11.1. The molecule has 0 bridgehead atoms. The number of rotatable bonds is 7. The standard InChI is InChI=1S/C10H20O8/c1-4(2)9(16)18-10(17)8(15)7(14)6(13)5(12)3-11/h4-8,10-15,17H,3H2,1-2H3/t5-,6+,7+,8+,10?/m0/s1. The molecule has 8 heteroatoms. The minimum absolute atomic E-state index is 0.544. The Balaban J connectivity index is 4.44. The highest BCUT2D eigenvalue weighted by atomic mass is 16.6. The van der Waals surface area contributed by atoms with E-state index in [4.69, 9.17) is 10.2 Å². The number of esters is 1. The van der Waals surface area contributed by atoms with Gasteiger partial charge >= 0.3 is 5.97 Å². The van der Waals surface area contributed by atoms with Crippen molar-refractivity contribution in [3.8, 4) is 0 Å². The molecule has 0 heterocycles. The fraction of sp³-hybridized carbons (Fsp3) is 0.900. The summed E-state index contributed by atoms with van der Waals surface area (Å²) in [5.41, 5.74) is 0. The molecule has 0 fully saturated rings. The lowest BCUT2D eigenvalue weighted by molar-refractivity contribution is -0.215. The van der Waals surface area contributed by atoms with E-state index in [1.165, 1.54) is 13.8 Å². The van der Waals surface area contributed by atoms with Crippen LogP contribution in [0.5, 0.6) is 0 Å². The predicted octanol–water partition coefficient (Wildman–Crippen LogP) is -3.06. The van der Waals surface area contributed by atoms with E-state index in [-0.39, 0.29) is 0 Å². The quantitative estimate of drug-likeness (QED) is 0.211. The van der Waals surface area contributed by atoms with Crippen molar-refractivity contribution in [1.82, 2.24) is 0 Å². The molecule has 0 aliphatic heterocycles. The van der Waals surface area contributed by atoms with Crippen LogP contribution in [0.25, 0.3) is 0 Å². The van der Waals surface area contributed by atoms with E-state index in [0.717, 1.165) is 0 Å². The van der Waals surface area contributed by atoms with Crippen molar-refractivity contribution in [3.05, 3.63) is 0 Å². The molecule has 1 unspecified atom stereocenters. The van der Waals surface area contributed by atoms with Gasteiger partial charge in [0.15, 0.2) is 0 Å². The van der Waals surface area contributed by atoms with E-state index in [0.29, 0.717) is 0 Å². The molecule has 0 aromatic carbocycles. The zero-order valence-electron chi connectivity index (χ0n) is 10.2. The maximum Gasteiger partial charge on any atom is 0.310 e. The predicted molar refractivity (Wildman–Crippen MR) is 58.0 cm³/mol. The number of aliphatic hydroxyl groups excluding tert-OH is 6. The summed E-state index contributed by atoms with van der Waals surface area (Å²) in [4.78, 5) is 11.1. The summed E-state index contributed by atoms with van der Waals surface area (Å²) >= 11 is 0. The minimum Gasteiger partial charge on any atom is -0.433 e. The van der Waals surface area contributed by atoms with Gasteiger partial charge in [-0.2, -0.15) is 0 Å². The van der Waals surface area contributed by atoms with Gasteiger partial charge in [-0.1, -0.05) is 13.8 Å². The van der Waals surface area contributed by atoms with Gasteiger partial charge in [-0.05, 0) is 0 Å². The van der Waals surface area contributed by atoms with Crippen molar-refractivity contribution in [1.29, 1.82) is 0 Å². The van der Waals surface area contributed by atoms with Crippen LogP contribution in [-0.2, 0) is 9.53 Å². The smallest absolute Gasteiger partial charge is 0.310 e. The Labute approximate surface area is 104 Å². The number of carbonyl (C=O) groups excluding carboxylic acids is 1. The average Bonchev–Trinajstić information content (AvgIpc) is 2.34. The fourth-order valence-electron chi connectivity index (χ4n) is 1.03. The van der Waals surface area contributed by atoms with Crippen LogP contribution in [0, 0.1) is 5.92 Å². The van der Waals surface area contributed by atoms with E-state index >= 15 is 0 Å². The Morgan fingerprint density at radius 3 is 1.89 bits per heavy atom. The van der Waals surface area contributed by atoms with Gasteiger partial charge in [0, 0.05) is 0 Å². The zero-order valence-corrected chi connectivity index (χ0v) is 10.2. The van der Waals surface area contributed by atoms with Crippen LogP contribution in [0.1, 0.15) is 13.8 Å². The molecule has 0 rings (SSSR count). The topological polar surface area (TPSA) is 148 Å². The van der Waals surface area contributed by atoms with Gasteiger partial charge in [-0.15, -0.1) is 0 Å². The Bertz CT molecular complexity index is 256. The molecule has 0 spiro atoms. The number of aliphatic hydroxyl groups is 6. The average molecular weight is 268 g/mol. The number of ether oxygens (including phenoxy) is 1. The molecule has 8 nitrogen and oxygen atoms in total. The maximum atomic E-state index is 11.1. The molecule has 18 heavy (non-hydrogen) atoms. The van der Waals surface area contributed by atoms with Crippen LogP contribution in [0.2, 0.25) is 0 Å². The van der Waals surface area contributed by atoms with Crippen molar-refractivity contribution < 1.29 is 40.2 Å². The lowest BCUT2D eigenvalue weighted by Crippen LogP contribution is -2.51. The molecule has 5 atom stereocenters. The lowest BCUT2D eigenvalue weighted by atomic mass is 10.0. The SMILES string of the molecule is CC(C)C(=O)OC(O)[C@H](O)[C@H](O)[C@H](O)[C@@H](O)CO. The van der Waals surface area contributed by atoms with Gasteiger partial charge in [0.2, 0.25) is 6.29 Å². The summed E-state index contributed by atoms with van der Waals surface area (Å²) in [5, 5.41) is 54.9. The molecule has 0 aromatic rings. The summed E-state index contributed by atoms with van der Waals surface area (Å²) in [6, 6.07) is 0. The van der Waals surface area contributed by atoms with E-state index in [2.05, 4.69) is 4.74 Å². The van der Waals surface area contributed by atoms with Crippen molar-refractivity contribution in [3.63, 3.8) is 0 Å². The highest BCUT2D eigenvalue weighted by Gasteiger charge is 2.36. The second-order valence-corrected chi connectivity index (χ2v) is 4.20. The highest BCUT2D eigenvalue weighted by molar-refractivity contribution is 5.71. The number of hydrogen-bond acceptors (Lipinski definition) is 8.